The Bertz CT molecular complexity index is 220. The van der Waals surface area contributed by atoms with Gasteiger partial charge in [0, 0.05) is 19.5 Å². The van der Waals surface area contributed by atoms with Gasteiger partial charge >= 0.3 is 0 Å². The zero-order valence-electron chi connectivity index (χ0n) is 9.67. The fourth-order valence-electron chi connectivity index (χ4n) is 2.52. The van der Waals surface area contributed by atoms with Crippen LogP contribution in [0.1, 0.15) is 32.1 Å². The van der Waals surface area contributed by atoms with Crippen molar-refractivity contribution >= 4 is 5.91 Å². The van der Waals surface area contributed by atoms with E-state index in [4.69, 9.17) is 0 Å². The molecule has 2 fully saturated rings. The maximum Gasteiger partial charge on any atom is 0.225 e. The molecule has 3 heteroatoms. The summed E-state index contributed by atoms with van der Waals surface area (Å²) in [5, 5.41) is 3.27. The van der Waals surface area contributed by atoms with Crippen molar-refractivity contribution in [1.82, 2.24) is 10.2 Å². The summed E-state index contributed by atoms with van der Waals surface area (Å²) in [7, 11) is 1.97. The molecule has 0 spiro atoms. The molecule has 0 aromatic heterocycles. The first-order valence-corrected chi connectivity index (χ1v) is 6.23. The van der Waals surface area contributed by atoms with Gasteiger partial charge in [-0.25, -0.2) is 0 Å². The Morgan fingerprint density at radius 3 is 2.53 bits per heavy atom. The number of nitrogens with zero attached hydrogens (tertiary/aromatic N) is 1. The number of amides is 1. The second kappa shape index (κ2) is 4.97. The first kappa shape index (κ1) is 10.9. The van der Waals surface area contributed by atoms with Crippen LogP contribution in [0, 0.1) is 11.8 Å². The normalized spacial score (nSPS) is 22.7. The van der Waals surface area contributed by atoms with Gasteiger partial charge in [0.05, 0.1) is 0 Å². The molecule has 15 heavy (non-hydrogen) atoms. The van der Waals surface area contributed by atoms with Crippen LogP contribution in [-0.4, -0.2) is 37.5 Å². The van der Waals surface area contributed by atoms with E-state index in [0.29, 0.717) is 11.8 Å². The van der Waals surface area contributed by atoms with E-state index in [-0.39, 0.29) is 0 Å². The Labute approximate surface area is 92.2 Å². The van der Waals surface area contributed by atoms with Crippen molar-refractivity contribution in [3.8, 4) is 0 Å². The van der Waals surface area contributed by atoms with Gasteiger partial charge in [-0.3, -0.25) is 4.79 Å². The third-order valence-corrected chi connectivity index (χ3v) is 3.82. The van der Waals surface area contributed by atoms with Crippen LogP contribution in [0.4, 0.5) is 0 Å². The minimum atomic E-state index is 0.342. The Hall–Kier alpha value is -0.570. The molecule has 2 aliphatic rings. The highest BCUT2D eigenvalue weighted by atomic mass is 16.2. The standard InChI is InChI=1S/C12H22N2O/c1-14(7-6-10-8-13-9-10)12(15)11-4-2-3-5-11/h10-11,13H,2-9H2,1H3. The van der Waals surface area contributed by atoms with E-state index in [0.717, 1.165) is 38.4 Å². The molecule has 1 N–H and O–H groups in total. The first-order valence-electron chi connectivity index (χ1n) is 6.23. The van der Waals surface area contributed by atoms with Crippen molar-refractivity contribution in [2.45, 2.75) is 32.1 Å². The van der Waals surface area contributed by atoms with E-state index in [9.17, 15) is 4.79 Å². The van der Waals surface area contributed by atoms with Gasteiger partial charge in [0.15, 0.2) is 0 Å². The highest BCUT2D eigenvalue weighted by Crippen LogP contribution is 2.26. The summed E-state index contributed by atoms with van der Waals surface area (Å²) >= 11 is 0. The fraction of sp³-hybridized carbons (Fsp3) is 0.917. The third kappa shape index (κ3) is 2.71. The molecular formula is C12H22N2O. The molecule has 1 aliphatic carbocycles. The quantitative estimate of drug-likeness (QED) is 0.757. The van der Waals surface area contributed by atoms with Crippen LogP contribution in [0.15, 0.2) is 0 Å². The SMILES string of the molecule is CN(CCC1CNC1)C(=O)C1CCCC1. The molecular weight excluding hydrogens is 188 g/mol. The van der Waals surface area contributed by atoms with E-state index < -0.39 is 0 Å². The third-order valence-electron chi connectivity index (χ3n) is 3.82. The summed E-state index contributed by atoms with van der Waals surface area (Å²) in [4.78, 5) is 13.9. The Balaban J connectivity index is 1.68. The summed E-state index contributed by atoms with van der Waals surface area (Å²) < 4.78 is 0. The number of hydrogen-bond acceptors (Lipinski definition) is 2. The predicted molar refractivity (Wildman–Crippen MR) is 60.6 cm³/mol. The molecule has 1 amide bonds. The highest BCUT2D eigenvalue weighted by Gasteiger charge is 2.26. The Kier molecular flexibility index (Phi) is 3.62. The van der Waals surface area contributed by atoms with Gasteiger partial charge < -0.3 is 10.2 Å². The van der Waals surface area contributed by atoms with E-state index in [1.54, 1.807) is 0 Å². The first-order chi connectivity index (χ1) is 7.27. The Morgan fingerprint density at radius 2 is 2.00 bits per heavy atom. The molecule has 0 aromatic carbocycles. The van der Waals surface area contributed by atoms with E-state index >= 15 is 0 Å². The van der Waals surface area contributed by atoms with Crippen molar-refractivity contribution in [3.05, 3.63) is 0 Å². The van der Waals surface area contributed by atoms with Crippen molar-refractivity contribution < 1.29 is 4.79 Å². The largest absolute Gasteiger partial charge is 0.346 e. The number of nitrogens with one attached hydrogen (secondary N) is 1. The smallest absolute Gasteiger partial charge is 0.225 e. The lowest BCUT2D eigenvalue weighted by Crippen LogP contribution is -2.44. The average Bonchev–Trinajstić information content (AvgIpc) is 2.66. The summed E-state index contributed by atoms with van der Waals surface area (Å²) in [6, 6.07) is 0. The monoisotopic (exact) mass is 210 g/mol. The van der Waals surface area contributed by atoms with Crippen LogP contribution in [0.5, 0.6) is 0 Å². The lowest BCUT2D eigenvalue weighted by molar-refractivity contribution is -0.134. The molecule has 0 radical (unpaired) electrons. The minimum Gasteiger partial charge on any atom is -0.346 e. The van der Waals surface area contributed by atoms with Gasteiger partial charge in [0.25, 0.3) is 0 Å². The van der Waals surface area contributed by atoms with Crippen molar-refractivity contribution in [1.29, 1.82) is 0 Å². The molecule has 1 aliphatic heterocycles. The van der Waals surface area contributed by atoms with Crippen LogP contribution >= 0.6 is 0 Å². The number of carbonyl (C=O) groups is 1. The van der Waals surface area contributed by atoms with Crippen LogP contribution in [0.2, 0.25) is 0 Å². The second-order valence-corrected chi connectivity index (χ2v) is 5.05. The predicted octanol–water partition coefficient (Wildman–Crippen LogP) is 1.24. The van der Waals surface area contributed by atoms with Crippen LogP contribution < -0.4 is 5.32 Å². The van der Waals surface area contributed by atoms with Gasteiger partial charge in [-0.2, -0.15) is 0 Å². The van der Waals surface area contributed by atoms with Crippen LogP contribution in [-0.2, 0) is 4.79 Å². The molecule has 86 valence electrons. The molecule has 0 atom stereocenters. The summed E-state index contributed by atoms with van der Waals surface area (Å²) in [6.45, 7) is 3.23. The van der Waals surface area contributed by atoms with Gasteiger partial charge in [-0.05, 0) is 38.3 Å². The molecule has 3 nitrogen and oxygen atoms in total. The fourth-order valence-corrected chi connectivity index (χ4v) is 2.52. The van der Waals surface area contributed by atoms with Crippen molar-refractivity contribution in [3.63, 3.8) is 0 Å². The molecule has 0 aromatic rings. The van der Waals surface area contributed by atoms with Crippen molar-refractivity contribution in [2.75, 3.05) is 26.7 Å². The number of rotatable bonds is 4. The summed E-state index contributed by atoms with van der Waals surface area (Å²) in [5.74, 6) is 1.54. The molecule has 0 bridgehead atoms. The van der Waals surface area contributed by atoms with Gasteiger partial charge in [-0.15, -0.1) is 0 Å². The maximum atomic E-state index is 12.0. The second-order valence-electron chi connectivity index (χ2n) is 5.05. The maximum absolute atomic E-state index is 12.0. The van der Waals surface area contributed by atoms with E-state index in [2.05, 4.69) is 5.32 Å². The summed E-state index contributed by atoms with van der Waals surface area (Å²) in [5.41, 5.74) is 0. The zero-order chi connectivity index (χ0) is 10.7. The van der Waals surface area contributed by atoms with Gasteiger partial charge in [-0.1, -0.05) is 12.8 Å². The average molecular weight is 210 g/mol. The van der Waals surface area contributed by atoms with Crippen LogP contribution in [0.3, 0.4) is 0 Å². The topological polar surface area (TPSA) is 32.3 Å². The van der Waals surface area contributed by atoms with Crippen molar-refractivity contribution in [2.24, 2.45) is 11.8 Å². The van der Waals surface area contributed by atoms with E-state index in [1.165, 1.54) is 19.3 Å². The summed E-state index contributed by atoms with van der Waals surface area (Å²) in [6.07, 6.45) is 5.90. The van der Waals surface area contributed by atoms with E-state index in [1.807, 2.05) is 11.9 Å². The van der Waals surface area contributed by atoms with Gasteiger partial charge in [0.1, 0.15) is 0 Å². The zero-order valence-corrected chi connectivity index (χ0v) is 9.67. The number of carbonyl (C=O) groups excluding carboxylic acids is 1. The highest BCUT2D eigenvalue weighted by molar-refractivity contribution is 5.78. The lowest BCUT2D eigenvalue weighted by atomic mass is 9.99. The Morgan fingerprint density at radius 1 is 1.33 bits per heavy atom. The molecule has 0 unspecified atom stereocenters. The molecule has 1 heterocycles. The molecule has 2 rings (SSSR count). The molecule has 1 saturated carbocycles. The van der Waals surface area contributed by atoms with Crippen LogP contribution in [0.25, 0.3) is 0 Å². The van der Waals surface area contributed by atoms with Gasteiger partial charge in [0.2, 0.25) is 5.91 Å². The lowest BCUT2D eigenvalue weighted by Gasteiger charge is -2.29. The number of hydrogen-bond donors (Lipinski definition) is 1. The molecule has 1 saturated heterocycles. The minimum absolute atomic E-state index is 0.342.